The molecule has 19 heavy (non-hydrogen) atoms. The maximum Gasteiger partial charge on any atom is 0.260 e. The predicted molar refractivity (Wildman–Crippen MR) is 80.2 cm³/mol. The van der Waals surface area contributed by atoms with Crippen LogP contribution in [0.25, 0.3) is 0 Å². The van der Waals surface area contributed by atoms with Gasteiger partial charge in [0.05, 0.1) is 0 Å². The van der Waals surface area contributed by atoms with E-state index < -0.39 is 0 Å². The monoisotopic (exact) mass is 277 g/mol. The molecule has 0 saturated heterocycles. The van der Waals surface area contributed by atoms with Crippen molar-refractivity contribution in [1.29, 1.82) is 0 Å². The van der Waals surface area contributed by atoms with Crippen molar-refractivity contribution >= 4 is 23.6 Å². The van der Waals surface area contributed by atoms with Gasteiger partial charge < -0.3 is 0 Å². The van der Waals surface area contributed by atoms with Crippen LogP contribution in [0.2, 0.25) is 0 Å². The SMILES string of the molecule is C=CCC(=O)N(C)C(=O)c1ccccc1CSCC. The van der Waals surface area contributed by atoms with Gasteiger partial charge in [0.25, 0.3) is 5.91 Å². The Kier molecular flexibility index (Phi) is 6.36. The third-order valence-corrected chi connectivity index (χ3v) is 3.63. The zero-order valence-corrected chi connectivity index (χ0v) is 12.2. The molecular formula is C15H19NO2S. The van der Waals surface area contributed by atoms with E-state index in [2.05, 4.69) is 13.5 Å². The van der Waals surface area contributed by atoms with Crippen molar-refractivity contribution in [1.82, 2.24) is 4.90 Å². The Morgan fingerprint density at radius 3 is 2.68 bits per heavy atom. The molecule has 0 N–H and O–H groups in total. The molecule has 0 fully saturated rings. The van der Waals surface area contributed by atoms with Gasteiger partial charge in [0, 0.05) is 24.8 Å². The topological polar surface area (TPSA) is 37.4 Å². The molecule has 0 spiro atoms. The number of carbonyl (C=O) groups excluding carboxylic acids is 2. The van der Waals surface area contributed by atoms with Crippen molar-refractivity contribution in [3.05, 3.63) is 48.0 Å². The second-order valence-electron chi connectivity index (χ2n) is 4.04. The Morgan fingerprint density at radius 2 is 2.05 bits per heavy atom. The Bertz CT molecular complexity index is 471. The van der Waals surface area contributed by atoms with E-state index in [1.165, 1.54) is 13.1 Å². The van der Waals surface area contributed by atoms with Crippen LogP contribution in [0.4, 0.5) is 0 Å². The molecular weight excluding hydrogens is 258 g/mol. The lowest BCUT2D eigenvalue weighted by atomic mass is 10.1. The molecule has 0 radical (unpaired) electrons. The van der Waals surface area contributed by atoms with Crippen LogP contribution in [0, 0.1) is 0 Å². The van der Waals surface area contributed by atoms with Gasteiger partial charge in [-0.3, -0.25) is 14.5 Å². The van der Waals surface area contributed by atoms with Crippen molar-refractivity contribution in [3.8, 4) is 0 Å². The van der Waals surface area contributed by atoms with Gasteiger partial charge in [-0.1, -0.05) is 31.2 Å². The highest BCUT2D eigenvalue weighted by Gasteiger charge is 2.19. The summed E-state index contributed by atoms with van der Waals surface area (Å²) in [5.74, 6) is 1.28. The maximum atomic E-state index is 12.3. The van der Waals surface area contributed by atoms with E-state index in [9.17, 15) is 9.59 Å². The highest BCUT2D eigenvalue weighted by Crippen LogP contribution is 2.18. The van der Waals surface area contributed by atoms with E-state index in [0.717, 1.165) is 22.0 Å². The van der Waals surface area contributed by atoms with E-state index in [4.69, 9.17) is 0 Å². The Morgan fingerprint density at radius 1 is 1.37 bits per heavy atom. The van der Waals surface area contributed by atoms with Crippen molar-refractivity contribution in [2.75, 3.05) is 12.8 Å². The molecule has 0 unspecified atom stereocenters. The van der Waals surface area contributed by atoms with E-state index >= 15 is 0 Å². The van der Waals surface area contributed by atoms with Crippen LogP contribution < -0.4 is 0 Å². The van der Waals surface area contributed by atoms with Gasteiger partial charge in [0.1, 0.15) is 0 Å². The summed E-state index contributed by atoms with van der Waals surface area (Å²) in [6, 6.07) is 7.43. The lowest BCUT2D eigenvalue weighted by molar-refractivity contribution is -0.126. The molecule has 0 aliphatic rings. The number of benzene rings is 1. The Hall–Kier alpha value is -1.55. The summed E-state index contributed by atoms with van der Waals surface area (Å²) >= 11 is 1.75. The van der Waals surface area contributed by atoms with Gasteiger partial charge in [-0.15, -0.1) is 6.58 Å². The second-order valence-corrected chi connectivity index (χ2v) is 5.32. The van der Waals surface area contributed by atoms with Crippen LogP contribution in [0.5, 0.6) is 0 Å². The third-order valence-electron chi connectivity index (χ3n) is 2.71. The molecule has 102 valence electrons. The summed E-state index contributed by atoms with van der Waals surface area (Å²) in [5.41, 5.74) is 1.57. The number of hydrogen-bond donors (Lipinski definition) is 0. The van der Waals surface area contributed by atoms with Crippen LogP contribution in [-0.4, -0.2) is 29.5 Å². The van der Waals surface area contributed by atoms with Crippen LogP contribution in [0.3, 0.4) is 0 Å². The largest absolute Gasteiger partial charge is 0.281 e. The average molecular weight is 277 g/mol. The van der Waals surface area contributed by atoms with Crippen LogP contribution in [-0.2, 0) is 10.5 Å². The van der Waals surface area contributed by atoms with E-state index in [1.807, 2.05) is 18.2 Å². The van der Waals surface area contributed by atoms with Gasteiger partial charge in [-0.05, 0) is 17.4 Å². The second kappa shape index (κ2) is 7.79. The third kappa shape index (κ3) is 4.24. The zero-order valence-electron chi connectivity index (χ0n) is 11.4. The summed E-state index contributed by atoms with van der Waals surface area (Å²) in [6.07, 6.45) is 1.68. The molecule has 1 aromatic carbocycles. The zero-order chi connectivity index (χ0) is 14.3. The minimum absolute atomic E-state index is 0.175. The van der Waals surface area contributed by atoms with Crippen molar-refractivity contribution in [2.24, 2.45) is 0 Å². The number of imide groups is 1. The van der Waals surface area contributed by atoms with Gasteiger partial charge in [-0.2, -0.15) is 11.8 Å². The van der Waals surface area contributed by atoms with Crippen LogP contribution in [0.1, 0.15) is 29.3 Å². The molecule has 0 bridgehead atoms. The molecule has 0 aromatic heterocycles. The van der Waals surface area contributed by atoms with E-state index in [0.29, 0.717) is 5.56 Å². The molecule has 4 heteroatoms. The lowest BCUT2D eigenvalue weighted by Gasteiger charge is -2.16. The standard InChI is InChI=1S/C15H19NO2S/c1-4-8-14(17)16(3)15(18)13-10-7-6-9-12(13)11-19-5-2/h4,6-7,9-10H,1,5,8,11H2,2-3H3. The summed E-state index contributed by atoms with van der Waals surface area (Å²) in [7, 11) is 1.51. The number of amides is 2. The Labute approximate surface area is 118 Å². The first kappa shape index (κ1) is 15.5. The molecule has 0 heterocycles. The fourth-order valence-electron chi connectivity index (χ4n) is 1.62. The minimum atomic E-state index is -0.251. The Balaban J connectivity index is 2.92. The van der Waals surface area contributed by atoms with Crippen LogP contribution >= 0.6 is 11.8 Å². The normalized spacial score (nSPS) is 10.0. The van der Waals surface area contributed by atoms with Crippen molar-refractivity contribution < 1.29 is 9.59 Å². The summed E-state index contributed by atoms with van der Waals surface area (Å²) in [4.78, 5) is 25.2. The number of rotatable bonds is 6. The maximum absolute atomic E-state index is 12.3. The van der Waals surface area contributed by atoms with Crippen molar-refractivity contribution in [2.45, 2.75) is 19.1 Å². The molecule has 0 aliphatic heterocycles. The molecule has 0 saturated carbocycles. The van der Waals surface area contributed by atoms with Gasteiger partial charge in [0.2, 0.25) is 5.91 Å². The molecule has 0 atom stereocenters. The highest BCUT2D eigenvalue weighted by molar-refractivity contribution is 7.98. The number of hydrogen-bond acceptors (Lipinski definition) is 3. The first-order valence-corrected chi connectivity index (χ1v) is 7.34. The number of thioether (sulfide) groups is 1. The molecule has 3 nitrogen and oxygen atoms in total. The molecule has 2 amide bonds. The van der Waals surface area contributed by atoms with E-state index in [-0.39, 0.29) is 18.2 Å². The molecule has 1 aromatic rings. The lowest BCUT2D eigenvalue weighted by Crippen LogP contribution is -2.33. The van der Waals surface area contributed by atoms with E-state index in [1.54, 1.807) is 17.8 Å². The first-order valence-electron chi connectivity index (χ1n) is 6.19. The highest BCUT2D eigenvalue weighted by atomic mass is 32.2. The molecule has 0 aliphatic carbocycles. The summed E-state index contributed by atoms with van der Waals surface area (Å²) < 4.78 is 0. The van der Waals surface area contributed by atoms with Crippen molar-refractivity contribution in [3.63, 3.8) is 0 Å². The van der Waals surface area contributed by atoms with Crippen LogP contribution in [0.15, 0.2) is 36.9 Å². The summed E-state index contributed by atoms with van der Waals surface area (Å²) in [5, 5.41) is 0. The minimum Gasteiger partial charge on any atom is -0.281 e. The molecule has 1 rings (SSSR count). The smallest absolute Gasteiger partial charge is 0.260 e. The van der Waals surface area contributed by atoms with Gasteiger partial charge in [-0.25, -0.2) is 0 Å². The number of carbonyl (C=O) groups is 2. The fraction of sp³-hybridized carbons (Fsp3) is 0.333. The summed E-state index contributed by atoms with van der Waals surface area (Å²) in [6.45, 7) is 5.59. The quantitative estimate of drug-likeness (QED) is 0.750. The first-order chi connectivity index (χ1) is 9.11. The van der Waals surface area contributed by atoms with Gasteiger partial charge >= 0.3 is 0 Å². The fourth-order valence-corrected chi connectivity index (χ4v) is 2.30. The number of nitrogens with zero attached hydrogens (tertiary/aromatic N) is 1. The predicted octanol–water partition coefficient (Wildman–Crippen LogP) is 3.11. The average Bonchev–Trinajstić information content (AvgIpc) is 2.44. The van der Waals surface area contributed by atoms with Gasteiger partial charge in [0.15, 0.2) is 0 Å².